The summed E-state index contributed by atoms with van der Waals surface area (Å²) in [6.45, 7) is 4.12. The molecule has 5 nitrogen and oxygen atoms in total. The SMILES string of the molecule is COc1ccc(CCC(=O)NC2CCNCC2C)cc1OC. The van der Waals surface area contributed by atoms with Crippen LogP contribution in [0.5, 0.6) is 11.5 Å². The van der Waals surface area contributed by atoms with Gasteiger partial charge < -0.3 is 20.1 Å². The maximum atomic E-state index is 12.1. The summed E-state index contributed by atoms with van der Waals surface area (Å²) in [6.07, 6.45) is 2.20. The molecule has 0 spiro atoms. The van der Waals surface area contributed by atoms with E-state index < -0.39 is 0 Å². The predicted molar refractivity (Wildman–Crippen MR) is 86.4 cm³/mol. The van der Waals surface area contributed by atoms with Crippen molar-refractivity contribution in [3.8, 4) is 11.5 Å². The zero-order valence-corrected chi connectivity index (χ0v) is 13.6. The molecule has 2 N–H and O–H groups in total. The normalized spacial score (nSPS) is 21.2. The van der Waals surface area contributed by atoms with Gasteiger partial charge in [0.25, 0.3) is 0 Å². The number of piperidine rings is 1. The van der Waals surface area contributed by atoms with E-state index in [1.54, 1.807) is 14.2 Å². The van der Waals surface area contributed by atoms with Gasteiger partial charge in [-0.15, -0.1) is 0 Å². The molecule has 1 saturated heterocycles. The van der Waals surface area contributed by atoms with Crippen molar-refractivity contribution in [2.24, 2.45) is 5.92 Å². The molecule has 1 aliphatic heterocycles. The van der Waals surface area contributed by atoms with Gasteiger partial charge in [-0.1, -0.05) is 13.0 Å². The number of carbonyl (C=O) groups is 1. The monoisotopic (exact) mass is 306 g/mol. The number of amides is 1. The molecule has 0 bridgehead atoms. The van der Waals surface area contributed by atoms with E-state index >= 15 is 0 Å². The number of nitrogens with one attached hydrogen (secondary N) is 2. The highest BCUT2D eigenvalue weighted by Crippen LogP contribution is 2.27. The molecule has 0 saturated carbocycles. The van der Waals surface area contributed by atoms with Gasteiger partial charge in [0.05, 0.1) is 14.2 Å². The smallest absolute Gasteiger partial charge is 0.220 e. The van der Waals surface area contributed by atoms with Gasteiger partial charge in [-0.05, 0) is 49.5 Å². The van der Waals surface area contributed by atoms with Crippen LogP contribution in [0.25, 0.3) is 0 Å². The van der Waals surface area contributed by atoms with Crippen molar-refractivity contribution in [1.82, 2.24) is 10.6 Å². The number of carbonyl (C=O) groups excluding carboxylic acids is 1. The average Bonchev–Trinajstić information content (AvgIpc) is 2.54. The average molecular weight is 306 g/mol. The highest BCUT2D eigenvalue weighted by Gasteiger charge is 2.22. The van der Waals surface area contributed by atoms with Crippen LogP contribution in [-0.2, 0) is 11.2 Å². The molecule has 0 aromatic heterocycles. The lowest BCUT2D eigenvalue weighted by Gasteiger charge is -2.30. The van der Waals surface area contributed by atoms with Gasteiger partial charge in [-0.3, -0.25) is 4.79 Å². The molecule has 1 aromatic rings. The van der Waals surface area contributed by atoms with E-state index in [9.17, 15) is 4.79 Å². The summed E-state index contributed by atoms with van der Waals surface area (Å²) in [6, 6.07) is 6.07. The Hall–Kier alpha value is -1.75. The Morgan fingerprint density at radius 3 is 2.77 bits per heavy atom. The van der Waals surface area contributed by atoms with Gasteiger partial charge in [-0.25, -0.2) is 0 Å². The number of hydrogen-bond donors (Lipinski definition) is 2. The molecule has 1 aromatic carbocycles. The Labute approximate surface area is 132 Å². The van der Waals surface area contributed by atoms with Crippen LogP contribution in [0.4, 0.5) is 0 Å². The summed E-state index contributed by atoms with van der Waals surface area (Å²) in [4.78, 5) is 12.1. The van der Waals surface area contributed by atoms with Crippen LogP contribution in [0.15, 0.2) is 18.2 Å². The van der Waals surface area contributed by atoms with E-state index in [4.69, 9.17) is 9.47 Å². The fourth-order valence-electron chi connectivity index (χ4n) is 2.80. The van der Waals surface area contributed by atoms with E-state index in [-0.39, 0.29) is 5.91 Å². The van der Waals surface area contributed by atoms with Crippen LogP contribution in [0.2, 0.25) is 0 Å². The van der Waals surface area contributed by atoms with Crippen LogP contribution in [-0.4, -0.2) is 39.3 Å². The summed E-state index contributed by atoms with van der Waals surface area (Å²) in [7, 11) is 3.23. The number of rotatable bonds is 6. The molecular formula is C17H26N2O3. The van der Waals surface area contributed by atoms with E-state index in [0.717, 1.165) is 25.1 Å². The lowest BCUT2D eigenvalue weighted by molar-refractivity contribution is -0.122. The second-order valence-corrected chi connectivity index (χ2v) is 5.83. The summed E-state index contributed by atoms with van der Waals surface area (Å²) in [5.74, 6) is 2.01. The van der Waals surface area contributed by atoms with E-state index in [2.05, 4.69) is 17.6 Å². The van der Waals surface area contributed by atoms with Gasteiger partial charge in [-0.2, -0.15) is 0 Å². The molecule has 5 heteroatoms. The third-order valence-electron chi connectivity index (χ3n) is 4.22. The third-order valence-corrected chi connectivity index (χ3v) is 4.22. The summed E-state index contributed by atoms with van der Waals surface area (Å²) in [5, 5.41) is 6.50. The lowest BCUT2D eigenvalue weighted by Crippen LogP contribution is -2.48. The highest BCUT2D eigenvalue weighted by atomic mass is 16.5. The number of ether oxygens (including phenoxy) is 2. The van der Waals surface area contributed by atoms with Gasteiger partial charge >= 0.3 is 0 Å². The largest absolute Gasteiger partial charge is 0.493 e. The number of benzene rings is 1. The second kappa shape index (κ2) is 8.03. The van der Waals surface area contributed by atoms with E-state index in [0.29, 0.717) is 36.3 Å². The Morgan fingerprint density at radius 1 is 1.32 bits per heavy atom. The van der Waals surface area contributed by atoms with E-state index in [1.165, 1.54) is 0 Å². The molecule has 2 rings (SSSR count). The zero-order chi connectivity index (χ0) is 15.9. The molecule has 2 unspecified atom stereocenters. The van der Waals surface area contributed by atoms with Gasteiger partial charge in [0, 0.05) is 12.5 Å². The molecule has 1 aliphatic rings. The number of hydrogen-bond acceptors (Lipinski definition) is 4. The Bertz CT molecular complexity index is 505. The van der Waals surface area contributed by atoms with Crippen LogP contribution in [0.3, 0.4) is 0 Å². The van der Waals surface area contributed by atoms with Crippen molar-refractivity contribution in [2.75, 3.05) is 27.3 Å². The molecular weight excluding hydrogens is 280 g/mol. The maximum absolute atomic E-state index is 12.1. The van der Waals surface area contributed by atoms with Crippen molar-refractivity contribution < 1.29 is 14.3 Å². The summed E-state index contributed by atoms with van der Waals surface area (Å²) in [5.41, 5.74) is 1.08. The first kappa shape index (κ1) is 16.6. The molecule has 0 aliphatic carbocycles. The fourth-order valence-corrected chi connectivity index (χ4v) is 2.80. The first-order valence-electron chi connectivity index (χ1n) is 7.85. The molecule has 1 heterocycles. The summed E-state index contributed by atoms with van der Waals surface area (Å²) >= 11 is 0. The summed E-state index contributed by atoms with van der Waals surface area (Å²) < 4.78 is 10.5. The molecule has 22 heavy (non-hydrogen) atoms. The third kappa shape index (κ3) is 4.37. The van der Waals surface area contributed by atoms with Crippen LogP contribution < -0.4 is 20.1 Å². The predicted octanol–water partition coefficient (Wildman–Crippen LogP) is 1.75. The van der Waals surface area contributed by atoms with Gasteiger partial charge in [0.1, 0.15) is 0 Å². The zero-order valence-electron chi connectivity index (χ0n) is 13.6. The van der Waals surface area contributed by atoms with E-state index in [1.807, 2.05) is 18.2 Å². The Balaban J connectivity index is 1.85. The molecule has 2 atom stereocenters. The minimum absolute atomic E-state index is 0.119. The lowest BCUT2D eigenvalue weighted by atomic mass is 9.95. The number of methoxy groups -OCH3 is 2. The fraction of sp³-hybridized carbons (Fsp3) is 0.588. The number of aryl methyl sites for hydroxylation is 1. The first-order valence-corrected chi connectivity index (χ1v) is 7.85. The Kier molecular flexibility index (Phi) is 6.07. The Morgan fingerprint density at radius 2 is 2.09 bits per heavy atom. The quantitative estimate of drug-likeness (QED) is 0.840. The highest BCUT2D eigenvalue weighted by molar-refractivity contribution is 5.76. The van der Waals surface area contributed by atoms with Crippen LogP contribution in [0, 0.1) is 5.92 Å². The molecule has 122 valence electrons. The molecule has 0 radical (unpaired) electrons. The van der Waals surface area contributed by atoms with Crippen molar-refractivity contribution in [3.05, 3.63) is 23.8 Å². The van der Waals surface area contributed by atoms with Crippen LogP contribution in [0.1, 0.15) is 25.3 Å². The molecule has 1 fully saturated rings. The van der Waals surface area contributed by atoms with Gasteiger partial charge in [0.2, 0.25) is 5.91 Å². The van der Waals surface area contributed by atoms with Gasteiger partial charge in [0.15, 0.2) is 11.5 Å². The van der Waals surface area contributed by atoms with Crippen molar-refractivity contribution >= 4 is 5.91 Å². The van der Waals surface area contributed by atoms with Crippen LogP contribution >= 0.6 is 0 Å². The maximum Gasteiger partial charge on any atom is 0.220 e. The minimum atomic E-state index is 0.119. The first-order chi connectivity index (χ1) is 10.6. The standard InChI is InChI=1S/C17H26N2O3/c1-12-11-18-9-8-14(12)19-17(20)7-5-13-4-6-15(21-2)16(10-13)22-3/h4,6,10,12,14,18H,5,7-9,11H2,1-3H3,(H,19,20). The second-order valence-electron chi connectivity index (χ2n) is 5.83. The van der Waals surface area contributed by atoms with Crippen molar-refractivity contribution in [1.29, 1.82) is 0 Å². The molecule has 1 amide bonds. The minimum Gasteiger partial charge on any atom is -0.493 e. The van der Waals surface area contributed by atoms with Crippen molar-refractivity contribution in [3.63, 3.8) is 0 Å². The topological polar surface area (TPSA) is 59.6 Å². The van der Waals surface area contributed by atoms with Crippen molar-refractivity contribution in [2.45, 2.75) is 32.2 Å².